The van der Waals surface area contributed by atoms with Crippen molar-refractivity contribution in [2.24, 2.45) is 0 Å². The average Bonchev–Trinajstić information content (AvgIpc) is 2.48. The molecule has 0 fully saturated rings. The molecular weight excluding hydrogens is 336 g/mol. The Bertz CT molecular complexity index is 818. The molecule has 0 aliphatic carbocycles. The zero-order chi connectivity index (χ0) is 17.0. The Morgan fingerprint density at radius 2 is 1.83 bits per heavy atom. The number of non-ortho nitro benzene ring substituents is 1. The van der Waals surface area contributed by atoms with Crippen molar-refractivity contribution < 1.29 is 13.3 Å². The summed E-state index contributed by atoms with van der Waals surface area (Å²) in [5, 5.41) is 13.8. The summed E-state index contributed by atoms with van der Waals surface area (Å²) in [5.74, 6) is 0.895. The number of benzene rings is 2. The van der Waals surface area contributed by atoms with Crippen molar-refractivity contribution in [3.8, 4) is 0 Å². The van der Waals surface area contributed by atoms with Crippen molar-refractivity contribution in [1.29, 1.82) is 0 Å². The molecule has 0 aromatic heterocycles. The third-order valence-electron chi connectivity index (χ3n) is 3.12. The van der Waals surface area contributed by atoms with E-state index < -0.39 is 14.8 Å². The van der Waals surface area contributed by atoms with Gasteiger partial charge in [-0.2, -0.15) is 11.8 Å². The summed E-state index contributed by atoms with van der Waals surface area (Å²) >= 11 is 1.71. The van der Waals surface area contributed by atoms with Gasteiger partial charge in [0.15, 0.2) is 9.84 Å². The molecule has 0 aliphatic heterocycles. The summed E-state index contributed by atoms with van der Waals surface area (Å²) in [6.07, 6.45) is 3.04. The summed E-state index contributed by atoms with van der Waals surface area (Å²) < 4.78 is 23.8. The summed E-state index contributed by atoms with van der Waals surface area (Å²) in [6.45, 7) is 0. The van der Waals surface area contributed by atoms with Crippen LogP contribution >= 0.6 is 11.8 Å². The van der Waals surface area contributed by atoms with Gasteiger partial charge >= 0.3 is 0 Å². The van der Waals surface area contributed by atoms with Gasteiger partial charge in [-0.05, 0) is 30.0 Å². The largest absolute Gasteiger partial charge is 0.354 e. The summed E-state index contributed by atoms with van der Waals surface area (Å²) in [7, 11) is -3.60. The number of hydrogen-bond donors (Lipinski definition) is 1. The normalized spacial score (nSPS) is 11.2. The minimum Gasteiger partial charge on any atom is -0.354 e. The first-order valence-electron chi connectivity index (χ1n) is 6.64. The summed E-state index contributed by atoms with van der Waals surface area (Å²) in [5.41, 5.74) is 1.94. The standard InChI is InChI=1S/C15H16N2O4S2/c1-22-10-11-3-5-12(6-4-11)16-14-8-7-13(17(18)19)9-15(14)23(2,20)21/h3-9,16H,10H2,1-2H3. The highest BCUT2D eigenvalue weighted by Gasteiger charge is 2.18. The van der Waals surface area contributed by atoms with Gasteiger partial charge in [-0.3, -0.25) is 10.1 Å². The van der Waals surface area contributed by atoms with E-state index in [1.165, 1.54) is 12.1 Å². The Morgan fingerprint density at radius 3 is 2.35 bits per heavy atom. The predicted molar refractivity (Wildman–Crippen MR) is 93.1 cm³/mol. The molecule has 0 saturated heterocycles. The van der Waals surface area contributed by atoms with Gasteiger partial charge in [0.25, 0.3) is 5.69 Å². The van der Waals surface area contributed by atoms with Crippen LogP contribution in [0.4, 0.5) is 17.1 Å². The van der Waals surface area contributed by atoms with E-state index in [-0.39, 0.29) is 10.6 Å². The molecule has 2 aromatic carbocycles. The fourth-order valence-corrected chi connectivity index (χ4v) is 3.42. The molecule has 0 atom stereocenters. The van der Waals surface area contributed by atoms with Crippen molar-refractivity contribution in [3.63, 3.8) is 0 Å². The third kappa shape index (κ3) is 4.46. The number of nitrogens with zero attached hydrogens (tertiary/aromatic N) is 1. The van der Waals surface area contributed by atoms with Gasteiger partial charge in [-0.15, -0.1) is 0 Å². The van der Waals surface area contributed by atoms with Gasteiger partial charge in [-0.1, -0.05) is 12.1 Å². The molecule has 2 rings (SSSR count). The van der Waals surface area contributed by atoms with E-state index in [4.69, 9.17) is 0 Å². The fourth-order valence-electron chi connectivity index (χ4n) is 2.04. The number of thioether (sulfide) groups is 1. The van der Waals surface area contributed by atoms with Crippen LogP contribution in [0.3, 0.4) is 0 Å². The van der Waals surface area contributed by atoms with Crippen LogP contribution in [0.5, 0.6) is 0 Å². The molecular formula is C15H16N2O4S2. The molecule has 8 heteroatoms. The molecule has 6 nitrogen and oxygen atoms in total. The van der Waals surface area contributed by atoms with Crippen LogP contribution in [-0.2, 0) is 15.6 Å². The first-order valence-corrected chi connectivity index (χ1v) is 9.93. The van der Waals surface area contributed by atoms with Gasteiger partial charge in [0.2, 0.25) is 0 Å². The number of nitro benzene ring substituents is 1. The molecule has 1 N–H and O–H groups in total. The van der Waals surface area contributed by atoms with Crippen molar-refractivity contribution in [2.45, 2.75) is 10.6 Å². The zero-order valence-corrected chi connectivity index (χ0v) is 14.3. The minimum atomic E-state index is -3.60. The maximum atomic E-state index is 11.9. The molecule has 2 aromatic rings. The lowest BCUT2D eigenvalue weighted by atomic mass is 10.2. The topological polar surface area (TPSA) is 89.3 Å². The van der Waals surface area contributed by atoms with Crippen LogP contribution in [0, 0.1) is 10.1 Å². The van der Waals surface area contributed by atoms with Crippen molar-refractivity contribution >= 4 is 38.7 Å². The SMILES string of the molecule is CSCc1ccc(Nc2ccc([N+](=O)[O-])cc2S(C)(=O)=O)cc1. The summed E-state index contributed by atoms with van der Waals surface area (Å²) in [4.78, 5) is 10.1. The number of rotatable bonds is 6. The maximum absolute atomic E-state index is 11.9. The molecule has 0 amide bonds. The quantitative estimate of drug-likeness (QED) is 0.631. The average molecular weight is 352 g/mol. The Hall–Kier alpha value is -2.06. The van der Waals surface area contributed by atoms with E-state index in [1.807, 2.05) is 30.5 Å². The van der Waals surface area contributed by atoms with Crippen molar-refractivity contribution in [1.82, 2.24) is 0 Å². The molecule has 0 unspecified atom stereocenters. The van der Waals surface area contributed by atoms with Crippen molar-refractivity contribution in [3.05, 3.63) is 58.1 Å². The fraction of sp³-hybridized carbons (Fsp3) is 0.200. The second-order valence-corrected chi connectivity index (χ2v) is 7.81. The predicted octanol–water partition coefficient (Wildman–Crippen LogP) is 3.60. The first-order chi connectivity index (χ1) is 10.8. The van der Waals surface area contributed by atoms with E-state index in [1.54, 1.807) is 11.8 Å². The highest BCUT2D eigenvalue weighted by molar-refractivity contribution is 7.97. The lowest BCUT2D eigenvalue weighted by Crippen LogP contribution is -2.04. The monoisotopic (exact) mass is 352 g/mol. The Morgan fingerprint density at radius 1 is 1.17 bits per heavy atom. The third-order valence-corrected chi connectivity index (χ3v) is 4.88. The molecule has 0 spiro atoms. The number of nitro groups is 1. The van der Waals surface area contributed by atoms with E-state index in [9.17, 15) is 18.5 Å². The van der Waals surface area contributed by atoms with Crippen LogP contribution in [-0.4, -0.2) is 25.9 Å². The van der Waals surface area contributed by atoms with Gasteiger partial charge in [-0.25, -0.2) is 8.42 Å². The second-order valence-electron chi connectivity index (χ2n) is 4.96. The molecule has 0 radical (unpaired) electrons. The highest BCUT2D eigenvalue weighted by atomic mass is 32.2. The second kappa shape index (κ2) is 7.01. The summed E-state index contributed by atoms with van der Waals surface area (Å²) in [6, 6.07) is 11.3. The Balaban J connectivity index is 2.37. The van der Waals surface area contributed by atoms with E-state index >= 15 is 0 Å². The van der Waals surface area contributed by atoms with Crippen LogP contribution < -0.4 is 5.32 Å². The van der Waals surface area contributed by atoms with E-state index in [2.05, 4.69) is 5.32 Å². The molecule has 0 aliphatic rings. The van der Waals surface area contributed by atoms with Gasteiger partial charge in [0, 0.05) is 29.8 Å². The number of nitrogens with one attached hydrogen (secondary N) is 1. The number of sulfone groups is 1. The van der Waals surface area contributed by atoms with Crippen LogP contribution in [0.25, 0.3) is 0 Å². The van der Waals surface area contributed by atoms with Crippen LogP contribution in [0.15, 0.2) is 47.4 Å². The van der Waals surface area contributed by atoms with Gasteiger partial charge in [0.1, 0.15) is 0 Å². The zero-order valence-electron chi connectivity index (χ0n) is 12.6. The number of anilines is 2. The van der Waals surface area contributed by atoms with E-state index in [0.717, 1.165) is 23.6 Å². The minimum absolute atomic E-state index is 0.0973. The van der Waals surface area contributed by atoms with Crippen molar-refractivity contribution in [2.75, 3.05) is 17.8 Å². The Kier molecular flexibility index (Phi) is 5.27. The van der Waals surface area contributed by atoms with Gasteiger partial charge in [0.05, 0.1) is 15.5 Å². The van der Waals surface area contributed by atoms with Crippen LogP contribution in [0.1, 0.15) is 5.56 Å². The molecule has 0 heterocycles. The number of hydrogen-bond acceptors (Lipinski definition) is 6. The lowest BCUT2D eigenvalue weighted by Gasteiger charge is -2.11. The van der Waals surface area contributed by atoms with Gasteiger partial charge < -0.3 is 5.32 Å². The smallest absolute Gasteiger partial charge is 0.270 e. The maximum Gasteiger partial charge on any atom is 0.270 e. The molecule has 0 bridgehead atoms. The Labute approximate surface area is 139 Å². The molecule has 23 heavy (non-hydrogen) atoms. The van der Waals surface area contributed by atoms with E-state index in [0.29, 0.717) is 11.4 Å². The lowest BCUT2D eigenvalue weighted by molar-refractivity contribution is -0.385. The molecule has 122 valence electrons. The molecule has 0 saturated carbocycles. The van der Waals surface area contributed by atoms with Crippen LogP contribution in [0.2, 0.25) is 0 Å². The first kappa shape index (κ1) is 17.3. The highest BCUT2D eigenvalue weighted by Crippen LogP contribution is 2.29.